The maximum Gasteiger partial charge on any atom is 0.281 e. The average molecular weight is 284 g/mol. The van der Waals surface area contributed by atoms with Crippen LogP contribution < -0.4 is 0 Å². The Hall–Kier alpha value is -2.08. The lowest BCUT2D eigenvalue weighted by atomic mass is 9.90. The lowest BCUT2D eigenvalue weighted by Gasteiger charge is -2.09. The van der Waals surface area contributed by atoms with E-state index in [1.54, 1.807) is 0 Å². The molecule has 6 nitrogen and oxygen atoms in total. The van der Waals surface area contributed by atoms with Crippen molar-refractivity contribution in [2.24, 2.45) is 5.92 Å². The zero-order valence-electron chi connectivity index (χ0n) is 10.2. The van der Waals surface area contributed by atoms with Gasteiger partial charge in [-0.05, 0) is 26.0 Å². The molecule has 0 atom stereocenters. The Kier molecular flexibility index (Phi) is 4.50. The van der Waals surface area contributed by atoms with Crippen molar-refractivity contribution in [3.8, 4) is 0 Å². The fourth-order valence-electron chi connectivity index (χ4n) is 1.68. The Morgan fingerprint density at radius 1 is 1.21 bits per heavy atom. The summed E-state index contributed by atoms with van der Waals surface area (Å²) in [5.41, 5.74) is -0.824. The summed E-state index contributed by atoms with van der Waals surface area (Å²) < 4.78 is 0. The number of rotatable bonds is 5. The van der Waals surface area contributed by atoms with Crippen LogP contribution >= 0.6 is 11.6 Å². The molecule has 0 unspecified atom stereocenters. The van der Waals surface area contributed by atoms with Gasteiger partial charge >= 0.3 is 0 Å². The number of ketones is 3. The smallest absolute Gasteiger partial charge is 0.281 e. The molecule has 19 heavy (non-hydrogen) atoms. The monoisotopic (exact) mass is 283 g/mol. The van der Waals surface area contributed by atoms with Gasteiger partial charge in [0, 0.05) is 11.1 Å². The van der Waals surface area contributed by atoms with Crippen LogP contribution in [-0.2, 0) is 9.59 Å². The maximum atomic E-state index is 12.1. The highest BCUT2D eigenvalue weighted by atomic mass is 35.5. The number of nitro benzene ring substituents is 1. The number of carbonyl (C=O) groups is 3. The van der Waals surface area contributed by atoms with Crippen molar-refractivity contribution in [2.45, 2.75) is 13.8 Å². The van der Waals surface area contributed by atoms with Crippen molar-refractivity contribution in [1.82, 2.24) is 0 Å². The van der Waals surface area contributed by atoms with Crippen LogP contribution in [0.5, 0.6) is 0 Å². The largest absolute Gasteiger partial charge is 0.299 e. The molecule has 0 aliphatic rings. The summed E-state index contributed by atoms with van der Waals surface area (Å²) in [5.74, 6) is -3.70. The maximum absolute atomic E-state index is 12.1. The summed E-state index contributed by atoms with van der Waals surface area (Å²) in [7, 11) is 0. The zero-order valence-corrected chi connectivity index (χ0v) is 10.9. The van der Waals surface area contributed by atoms with E-state index < -0.39 is 33.9 Å². The van der Waals surface area contributed by atoms with E-state index in [4.69, 9.17) is 11.6 Å². The van der Waals surface area contributed by atoms with Crippen molar-refractivity contribution < 1.29 is 19.3 Å². The molecule has 0 aliphatic heterocycles. The summed E-state index contributed by atoms with van der Waals surface area (Å²) >= 11 is 5.62. The first kappa shape index (κ1) is 15.0. The molecule has 0 heterocycles. The fraction of sp³-hybridized carbons (Fsp3) is 0.250. The summed E-state index contributed by atoms with van der Waals surface area (Å²) in [4.78, 5) is 44.8. The van der Waals surface area contributed by atoms with E-state index in [0.29, 0.717) is 0 Å². The van der Waals surface area contributed by atoms with E-state index in [2.05, 4.69) is 0 Å². The Labute approximate surface area is 113 Å². The Morgan fingerprint density at radius 3 is 2.16 bits per heavy atom. The van der Waals surface area contributed by atoms with Crippen LogP contribution in [0.4, 0.5) is 5.69 Å². The van der Waals surface area contributed by atoms with E-state index in [0.717, 1.165) is 26.0 Å². The van der Waals surface area contributed by atoms with Gasteiger partial charge in [0.2, 0.25) is 0 Å². The van der Waals surface area contributed by atoms with E-state index >= 15 is 0 Å². The topological polar surface area (TPSA) is 94.3 Å². The molecule has 1 rings (SSSR count). The number of halogens is 1. The van der Waals surface area contributed by atoms with Crippen molar-refractivity contribution in [3.63, 3.8) is 0 Å². The summed E-state index contributed by atoms with van der Waals surface area (Å²) in [6.45, 7) is 2.18. The van der Waals surface area contributed by atoms with Gasteiger partial charge in [0.05, 0.1) is 10.5 Å². The quantitative estimate of drug-likeness (QED) is 0.357. The van der Waals surface area contributed by atoms with Crippen molar-refractivity contribution in [1.29, 1.82) is 0 Å². The Morgan fingerprint density at radius 2 is 1.74 bits per heavy atom. The second-order valence-electron chi connectivity index (χ2n) is 3.94. The predicted molar refractivity (Wildman–Crippen MR) is 67.3 cm³/mol. The van der Waals surface area contributed by atoms with Gasteiger partial charge in [0.15, 0.2) is 5.78 Å². The predicted octanol–water partition coefficient (Wildman–Crippen LogP) is 2.23. The standard InChI is InChI=1S/C12H10ClNO5/c1-6(15)11(7(2)16)12(17)9-4-3-8(13)5-10(9)14(18)19/h3-5,11H,1-2H3. The molecule has 0 N–H and O–H groups in total. The van der Waals surface area contributed by atoms with Gasteiger partial charge in [-0.3, -0.25) is 24.5 Å². The first-order valence-electron chi connectivity index (χ1n) is 5.24. The lowest BCUT2D eigenvalue weighted by Crippen LogP contribution is -2.29. The number of benzene rings is 1. The minimum atomic E-state index is -1.51. The highest BCUT2D eigenvalue weighted by Gasteiger charge is 2.33. The average Bonchev–Trinajstić information content (AvgIpc) is 2.27. The first-order chi connectivity index (χ1) is 8.75. The van der Waals surface area contributed by atoms with Gasteiger partial charge in [0.1, 0.15) is 17.5 Å². The van der Waals surface area contributed by atoms with Crippen LogP contribution in [-0.4, -0.2) is 22.3 Å². The van der Waals surface area contributed by atoms with Crippen LogP contribution in [0.15, 0.2) is 18.2 Å². The highest BCUT2D eigenvalue weighted by Crippen LogP contribution is 2.26. The second kappa shape index (κ2) is 5.71. The molecule has 100 valence electrons. The van der Waals surface area contributed by atoms with Crippen molar-refractivity contribution >= 4 is 34.6 Å². The molecule has 1 aromatic rings. The number of hydrogen-bond donors (Lipinski definition) is 0. The van der Waals surface area contributed by atoms with Gasteiger partial charge in [-0.2, -0.15) is 0 Å². The van der Waals surface area contributed by atoms with Crippen molar-refractivity contribution in [2.75, 3.05) is 0 Å². The second-order valence-corrected chi connectivity index (χ2v) is 4.37. The molecule has 0 saturated heterocycles. The summed E-state index contributed by atoms with van der Waals surface area (Å²) in [6, 6.07) is 3.44. The normalized spacial score (nSPS) is 10.3. The highest BCUT2D eigenvalue weighted by molar-refractivity contribution is 6.31. The minimum absolute atomic E-state index is 0.0884. The van der Waals surface area contributed by atoms with Gasteiger partial charge in [-0.1, -0.05) is 11.6 Å². The first-order valence-corrected chi connectivity index (χ1v) is 5.62. The summed E-state index contributed by atoms with van der Waals surface area (Å²) in [5, 5.41) is 11.0. The molecule has 0 amide bonds. The Bertz CT molecular complexity index is 567. The third-order valence-electron chi connectivity index (χ3n) is 2.50. The number of Topliss-reactive ketones (excluding diaryl/α,β-unsaturated/α-hetero) is 3. The number of nitro groups is 1. The van der Waals surface area contributed by atoms with E-state index in [9.17, 15) is 24.5 Å². The molecule has 7 heteroatoms. The number of carbonyl (C=O) groups excluding carboxylic acids is 3. The fourth-order valence-corrected chi connectivity index (χ4v) is 1.84. The molecule has 0 saturated carbocycles. The van der Waals surface area contributed by atoms with E-state index in [-0.39, 0.29) is 10.6 Å². The molecular formula is C12H10ClNO5. The number of nitrogens with zero attached hydrogens (tertiary/aromatic N) is 1. The minimum Gasteiger partial charge on any atom is -0.299 e. The number of hydrogen-bond acceptors (Lipinski definition) is 5. The molecule has 0 aromatic heterocycles. The third kappa shape index (κ3) is 3.23. The Balaban J connectivity index is 3.37. The molecule has 0 fully saturated rings. The molecule has 1 aromatic carbocycles. The van der Waals surface area contributed by atoms with Crippen LogP contribution in [0.2, 0.25) is 5.02 Å². The molecular weight excluding hydrogens is 274 g/mol. The van der Waals surface area contributed by atoms with Gasteiger partial charge in [0.25, 0.3) is 5.69 Å². The molecule has 0 aliphatic carbocycles. The van der Waals surface area contributed by atoms with E-state index in [1.807, 2.05) is 0 Å². The van der Waals surface area contributed by atoms with Crippen LogP contribution in [0.25, 0.3) is 0 Å². The summed E-state index contributed by atoms with van der Waals surface area (Å²) in [6.07, 6.45) is 0. The van der Waals surface area contributed by atoms with Gasteiger partial charge in [-0.25, -0.2) is 0 Å². The SMILES string of the molecule is CC(=O)C(C(C)=O)C(=O)c1ccc(Cl)cc1[N+](=O)[O-]. The molecule has 0 spiro atoms. The van der Waals surface area contributed by atoms with Gasteiger partial charge in [-0.15, -0.1) is 0 Å². The van der Waals surface area contributed by atoms with Crippen LogP contribution in [0.1, 0.15) is 24.2 Å². The van der Waals surface area contributed by atoms with Crippen LogP contribution in [0.3, 0.4) is 0 Å². The molecule has 0 bridgehead atoms. The zero-order chi connectivity index (χ0) is 14.7. The van der Waals surface area contributed by atoms with Gasteiger partial charge < -0.3 is 0 Å². The van der Waals surface area contributed by atoms with E-state index in [1.165, 1.54) is 6.07 Å². The van der Waals surface area contributed by atoms with Crippen molar-refractivity contribution in [3.05, 3.63) is 38.9 Å². The lowest BCUT2D eigenvalue weighted by molar-refractivity contribution is -0.385. The third-order valence-corrected chi connectivity index (χ3v) is 2.73. The van der Waals surface area contributed by atoms with Crippen LogP contribution in [0, 0.1) is 16.0 Å². The molecule has 0 radical (unpaired) electrons.